The molecule has 0 radical (unpaired) electrons. The van der Waals surface area contributed by atoms with E-state index in [0.717, 1.165) is 36.4 Å². The molecule has 29 heteroatoms. The number of benzene rings is 3. The van der Waals surface area contributed by atoms with Gasteiger partial charge in [0.2, 0.25) is 11.6 Å². The van der Waals surface area contributed by atoms with Gasteiger partial charge < -0.3 is 38.0 Å². The second-order valence-electron chi connectivity index (χ2n) is 21.6. The van der Waals surface area contributed by atoms with Gasteiger partial charge in [-0.05, 0) is 155 Å². The van der Waals surface area contributed by atoms with Gasteiger partial charge >= 0.3 is 94.6 Å². The third kappa shape index (κ3) is 19.4. The first-order valence-electron chi connectivity index (χ1n) is 27.0. The number of fused-ring (bicyclic) bond motifs is 2. The number of carbonyl (C=O) groups is 4. The number of hydrogen-bond donors (Lipinski definition) is 1. The number of unbranched alkanes of at least 4 members (excludes halogenated alkanes) is 6. The van der Waals surface area contributed by atoms with Crippen LogP contribution in [0.5, 0.6) is 5.75 Å². The Labute approximate surface area is 569 Å². The van der Waals surface area contributed by atoms with Crippen molar-refractivity contribution >= 4 is 81.2 Å². The fourth-order valence-electron chi connectivity index (χ4n) is 10.6. The van der Waals surface area contributed by atoms with E-state index in [1.807, 2.05) is 61.5 Å². The van der Waals surface area contributed by atoms with E-state index in [9.17, 15) is 71.1 Å². The second-order valence-corrected chi connectivity index (χ2v) is 27.2. The van der Waals surface area contributed by atoms with Gasteiger partial charge in [-0.3, -0.25) is 14.4 Å². The van der Waals surface area contributed by atoms with Gasteiger partial charge in [-0.25, -0.2) is 38.5 Å². The Bertz CT molecular complexity index is 3710. The molecule has 3 aromatic carbocycles. The van der Waals surface area contributed by atoms with Gasteiger partial charge in [0.25, 0.3) is 11.8 Å². The van der Waals surface area contributed by atoms with Gasteiger partial charge in [-0.15, -0.1) is 0 Å². The van der Waals surface area contributed by atoms with Crippen LogP contribution in [0.2, 0.25) is 0 Å². The van der Waals surface area contributed by atoms with Crippen LogP contribution in [0.25, 0.3) is 0 Å². The van der Waals surface area contributed by atoms with Crippen LogP contribution in [0.1, 0.15) is 129 Å². The third-order valence-corrected chi connectivity index (χ3v) is 18.2. The molecule has 0 unspecified atom stereocenters. The van der Waals surface area contributed by atoms with Gasteiger partial charge in [0.15, 0.2) is 5.71 Å². The van der Waals surface area contributed by atoms with Gasteiger partial charge in [0, 0.05) is 84.8 Å². The molecule has 0 aromatic heterocycles. The molecule has 1 aliphatic carbocycles. The monoisotopic (exact) mass is 1290 g/mol. The average Bonchev–Trinajstić information content (AvgIpc) is 1.62. The maximum absolute atomic E-state index is 12.8. The predicted molar refractivity (Wildman–Crippen MR) is 299 cm³/mol. The summed E-state index contributed by atoms with van der Waals surface area (Å²) < 4.78 is 152. The molecule has 0 spiro atoms. The maximum Gasteiger partial charge on any atom is 1.00 e. The molecule has 1 N–H and O–H groups in total. The van der Waals surface area contributed by atoms with Gasteiger partial charge in [0.1, 0.15) is 48.4 Å². The third-order valence-electron chi connectivity index (χ3n) is 14.9. The van der Waals surface area contributed by atoms with E-state index in [1.54, 1.807) is 6.07 Å². The van der Waals surface area contributed by atoms with Crippen molar-refractivity contribution in [3.8, 4) is 5.75 Å². The number of hydroxylamine groups is 2. The minimum absolute atomic E-state index is 0. The summed E-state index contributed by atoms with van der Waals surface area (Å²) in [4.78, 5) is 53.4. The van der Waals surface area contributed by atoms with E-state index in [4.69, 9.17) is 9.57 Å². The Hall–Kier alpha value is -3.65. The van der Waals surface area contributed by atoms with Crippen LogP contribution in [0, 0.1) is 0 Å². The van der Waals surface area contributed by atoms with E-state index < -0.39 is 89.5 Å². The van der Waals surface area contributed by atoms with Crippen LogP contribution in [0.3, 0.4) is 0 Å². The van der Waals surface area contributed by atoms with Crippen molar-refractivity contribution in [2.75, 3.05) is 30.3 Å². The SMILES string of the molecule is CC1(C)C(/C=C\C2=C(Oc3ccc(S(=O)(=O)[O-])cc3)C(=C\C=C3\N(CCCCS(=O)(=O)[O-])c4ccc(S(=O)(=O)[O-])cc4C3(C)C)/CCC2)=[N+](CCCCCC(=O)NCCCCCCC(=O)ON2C(=O)C=CC2=O)c2ccc(S(=O)(=O)[O-])cc21.[Na+].[Na+].[Na+]. The molecule has 7 rings (SSSR count). The summed E-state index contributed by atoms with van der Waals surface area (Å²) in [5.41, 5.74) is 3.34. The normalized spacial score (nSPS) is 17.4. The Morgan fingerprint density at radius 1 is 0.651 bits per heavy atom. The Kier molecular flexibility index (Phi) is 27.3. The summed E-state index contributed by atoms with van der Waals surface area (Å²) >= 11 is 0. The number of nitrogens with zero attached hydrogens (tertiary/aromatic N) is 3. The molecule has 0 atom stereocenters. The summed E-state index contributed by atoms with van der Waals surface area (Å²) in [6.07, 6.45) is 16.0. The zero-order chi connectivity index (χ0) is 60.7. The molecule has 0 saturated heterocycles. The van der Waals surface area contributed by atoms with Crippen molar-refractivity contribution in [2.45, 2.75) is 143 Å². The number of ether oxygens (including phenoxy) is 1. The van der Waals surface area contributed by atoms with Crippen molar-refractivity contribution in [3.63, 3.8) is 0 Å². The predicted octanol–water partition coefficient (Wildman–Crippen LogP) is -2.20. The smallest absolute Gasteiger partial charge is 0.748 e. The Balaban J connectivity index is 0.00000528. The first-order chi connectivity index (χ1) is 38.9. The van der Waals surface area contributed by atoms with Crippen molar-refractivity contribution in [2.24, 2.45) is 0 Å². The number of imide groups is 1. The number of allylic oxidation sites excluding steroid dienone is 7. The van der Waals surface area contributed by atoms with Crippen LogP contribution in [-0.4, -0.2) is 116 Å². The maximum atomic E-state index is 12.8. The molecule has 3 heterocycles. The number of rotatable bonds is 27. The van der Waals surface area contributed by atoms with Gasteiger partial charge in [0.05, 0.1) is 30.2 Å². The van der Waals surface area contributed by atoms with Crippen molar-refractivity contribution in [1.29, 1.82) is 0 Å². The molecular formula is C57H65N4Na3O18S4. The van der Waals surface area contributed by atoms with E-state index in [2.05, 4.69) is 5.32 Å². The molecule has 86 heavy (non-hydrogen) atoms. The molecular weight excluding hydrogens is 1230 g/mol. The number of nitrogens with one attached hydrogen (secondary N) is 1. The van der Waals surface area contributed by atoms with Crippen molar-refractivity contribution in [1.82, 2.24) is 10.4 Å². The quantitative estimate of drug-likeness (QED) is 0.0278. The molecule has 22 nitrogen and oxygen atoms in total. The number of carbonyl (C=O) groups excluding carboxylic acids is 4. The van der Waals surface area contributed by atoms with Gasteiger partial charge in [-0.1, -0.05) is 37.8 Å². The standard InChI is InChI=1S/C57H68N4O18S4.3Na/c1-56(2)45-37-43(82(72,73)74)25-27-47(45)59(34-11-7-8-17-51(62)58-33-10-6-5-9-18-54(65)79-61-52(63)31-32-53(61)64)49(56)29-19-39-15-14-16-40(55(39)78-41-21-23-42(24-22-41)81(69,70)71)20-30-50-57(3,4)46-38-44(83(75,76)77)26-28-48(46)60(50)35-12-13-36-80(66,67)68;;;/h19-32,37-38H,5-18,33-36H2,1-4H3,(H4-,58,62,66,67,68,69,70,71,72,73,74,75,76,77);;;/q;3*+1/p-3. The first kappa shape index (κ1) is 74.8. The topological polar surface area (TPSA) is 337 Å². The van der Waals surface area contributed by atoms with E-state index in [0.29, 0.717) is 121 Å². The molecule has 3 aromatic rings. The summed E-state index contributed by atoms with van der Waals surface area (Å²) in [6, 6.07) is 13.3. The number of amides is 3. The van der Waals surface area contributed by atoms with Gasteiger partial charge in [-0.2, -0.15) is 4.58 Å². The Morgan fingerprint density at radius 2 is 1.23 bits per heavy atom. The summed E-state index contributed by atoms with van der Waals surface area (Å²) in [6.45, 7) is 8.59. The molecule has 0 fully saturated rings. The van der Waals surface area contributed by atoms with Crippen LogP contribution in [0.4, 0.5) is 11.4 Å². The van der Waals surface area contributed by atoms with Crippen molar-refractivity contribution in [3.05, 3.63) is 131 Å². The molecule has 3 amide bonds. The molecule has 3 aliphatic heterocycles. The van der Waals surface area contributed by atoms with E-state index >= 15 is 0 Å². The van der Waals surface area contributed by atoms with Crippen molar-refractivity contribution < 1.29 is 174 Å². The molecule has 4 aliphatic rings. The first-order valence-corrected chi connectivity index (χ1v) is 32.8. The molecule has 0 saturated carbocycles. The molecule has 448 valence electrons. The second kappa shape index (κ2) is 31.4. The fraction of sp³-hybridized carbons (Fsp3) is 0.421. The largest absolute Gasteiger partial charge is 1.00 e. The summed E-state index contributed by atoms with van der Waals surface area (Å²) in [5, 5.41) is 3.33. The van der Waals surface area contributed by atoms with E-state index in [1.165, 1.54) is 42.5 Å². The van der Waals surface area contributed by atoms with E-state index in [-0.39, 0.29) is 133 Å². The number of anilines is 1. The fourth-order valence-corrected chi connectivity index (χ4v) is 12.6. The number of hydrogen-bond acceptors (Lipinski definition) is 19. The summed E-state index contributed by atoms with van der Waals surface area (Å²) in [5.74, 6) is -2.26. The molecule has 0 bridgehead atoms. The summed E-state index contributed by atoms with van der Waals surface area (Å²) in [7, 11) is -19.0. The van der Waals surface area contributed by atoms with Crippen LogP contribution >= 0.6 is 0 Å². The average molecular weight is 1290 g/mol. The Morgan fingerprint density at radius 3 is 1.86 bits per heavy atom. The van der Waals surface area contributed by atoms with Crippen LogP contribution < -0.4 is 104 Å². The van der Waals surface area contributed by atoms with Crippen LogP contribution in [-0.2, 0) is 75.3 Å². The minimum atomic E-state index is -4.85. The minimum Gasteiger partial charge on any atom is -0.748 e. The zero-order valence-electron chi connectivity index (χ0n) is 49.3. The zero-order valence-corrected chi connectivity index (χ0v) is 58.6. The van der Waals surface area contributed by atoms with Crippen LogP contribution in [0.15, 0.2) is 134 Å².